The molecule has 2 bridgehead atoms. The average Bonchev–Trinajstić information content (AvgIpc) is 3.27. The van der Waals surface area contributed by atoms with Gasteiger partial charge in [-0.25, -0.2) is 9.37 Å². The summed E-state index contributed by atoms with van der Waals surface area (Å²) >= 11 is 0. The molecule has 8 nitrogen and oxygen atoms in total. The van der Waals surface area contributed by atoms with Crippen LogP contribution in [-0.2, 0) is 6.54 Å². The molecule has 1 aromatic carbocycles. The Morgan fingerprint density at radius 1 is 1.12 bits per heavy atom. The summed E-state index contributed by atoms with van der Waals surface area (Å²) < 4.78 is 58.4. The van der Waals surface area contributed by atoms with Crippen LogP contribution in [0.1, 0.15) is 11.1 Å². The Balaban J connectivity index is 1.64. The highest BCUT2D eigenvalue weighted by Gasteiger charge is 2.22. The van der Waals surface area contributed by atoms with Gasteiger partial charge in [-0.1, -0.05) is 0 Å². The lowest BCUT2D eigenvalue weighted by Crippen LogP contribution is -2.12. The zero-order valence-corrected chi connectivity index (χ0v) is 17.4. The third-order valence-electron chi connectivity index (χ3n) is 5.32. The van der Waals surface area contributed by atoms with Crippen LogP contribution in [0.15, 0.2) is 42.9 Å². The van der Waals surface area contributed by atoms with E-state index in [1.54, 1.807) is 35.6 Å². The molecule has 0 spiro atoms. The first kappa shape index (κ1) is 20.9. The highest BCUT2D eigenvalue weighted by atomic mass is 19.3. The molecule has 1 aliphatic heterocycles. The van der Waals surface area contributed by atoms with Crippen LogP contribution in [0.25, 0.3) is 16.8 Å². The lowest BCUT2D eigenvalue weighted by molar-refractivity contribution is -0.0524. The van der Waals surface area contributed by atoms with Crippen LogP contribution >= 0.6 is 0 Å². The summed E-state index contributed by atoms with van der Waals surface area (Å²) in [6.45, 7) is -0.713. The van der Waals surface area contributed by atoms with E-state index in [0.29, 0.717) is 45.2 Å². The number of nitrogens with zero attached hydrogens (tertiary/aromatic N) is 4. The number of nitrogens with one attached hydrogen (secondary N) is 1. The van der Waals surface area contributed by atoms with Crippen molar-refractivity contribution in [2.24, 2.45) is 0 Å². The van der Waals surface area contributed by atoms with Gasteiger partial charge in [-0.05, 0) is 42.8 Å². The lowest BCUT2D eigenvalue weighted by Gasteiger charge is -2.17. The fourth-order valence-corrected chi connectivity index (χ4v) is 3.77. The van der Waals surface area contributed by atoms with Gasteiger partial charge in [0.1, 0.15) is 31.1 Å². The van der Waals surface area contributed by atoms with Gasteiger partial charge in [0, 0.05) is 29.4 Å². The summed E-state index contributed by atoms with van der Waals surface area (Å²) in [5, 5.41) is 11.3. The van der Waals surface area contributed by atoms with Gasteiger partial charge >= 0.3 is 6.61 Å². The number of fused-ring (bicyclic) bond motifs is 5. The van der Waals surface area contributed by atoms with Gasteiger partial charge in [0.05, 0.1) is 0 Å². The maximum absolute atomic E-state index is 14.5. The number of ether oxygens (including phenoxy) is 3. The van der Waals surface area contributed by atoms with E-state index in [4.69, 9.17) is 9.47 Å². The zero-order valence-electron chi connectivity index (χ0n) is 17.4. The molecule has 4 heterocycles. The van der Waals surface area contributed by atoms with Crippen LogP contribution in [-0.4, -0.2) is 39.4 Å². The van der Waals surface area contributed by atoms with Crippen molar-refractivity contribution in [3.05, 3.63) is 59.8 Å². The van der Waals surface area contributed by atoms with Crippen LogP contribution in [0.2, 0.25) is 0 Å². The first-order valence-electron chi connectivity index (χ1n) is 10.1. The molecule has 0 radical (unpaired) electrons. The van der Waals surface area contributed by atoms with Gasteiger partial charge in [0.2, 0.25) is 5.88 Å². The van der Waals surface area contributed by atoms with Crippen molar-refractivity contribution in [2.75, 3.05) is 18.5 Å². The number of benzene rings is 1. The van der Waals surface area contributed by atoms with Crippen molar-refractivity contribution in [2.45, 2.75) is 20.1 Å². The normalized spacial score (nSPS) is 13.5. The maximum atomic E-state index is 14.5. The number of rotatable bonds is 3. The van der Waals surface area contributed by atoms with Crippen LogP contribution in [0.3, 0.4) is 0 Å². The Morgan fingerprint density at radius 2 is 1.94 bits per heavy atom. The molecule has 0 saturated carbocycles. The molecule has 0 amide bonds. The van der Waals surface area contributed by atoms with Crippen molar-refractivity contribution in [1.29, 1.82) is 0 Å². The van der Waals surface area contributed by atoms with E-state index in [-0.39, 0.29) is 31.5 Å². The second kappa shape index (κ2) is 8.49. The number of halogens is 3. The molecule has 3 aromatic heterocycles. The third-order valence-corrected chi connectivity index (χ3v) is 5.32. The first-order valence-corrected chi connectivity index (χ1v) is 10.1. The molecule has 33 heavy (non-hydrogen) atoms. The SMILES string of the molecule is Cc1c2ccc(F)c1CNc1c(cc(-c3cccnc3OC(F)F)c3nncn13)OCCO2. The Labute approximate surface area is 185 Å². The van der Waals surface area contributed by atoms with Gasteiger partial charge in [-0.3, -0.25) is 4.40 Å². The first-order chi connectivity index (χ1) is 16.0. The average molecular weight is 457 g/mol. The fourth-order valence-electron chi connectivity index (χ4n) is 3.77. The third kappa shape index (κ3) is 3.86. The Kier molecular flexibility index (Phi) is 5.37. The summed E-state index contributed by atoms with van der Waals surface area (Å²) in [6, 6.07) is 7.78. The summed E-state index contributed by atoms with van der Waals surface area (Å²) in [7, 11) is 0. The van der Waals surface area contributed by atoms with E-state index < -0.39 is 6.61 Å². The Hall–Kier alpha value is -4.02. The number of anilines is 1. The van der Waals surface area contributed by atoms with E-state index in [2.05, 4.69) is 25.2 Å². The monoisotopic (exact) mass is 457 g/mol. The van der Waals surface area contributed by atoms with Crippen molar-refractivity contribution >= 4 is 11.5 Å². The van der Waals surface area contributed by atoms with E-state index in [9.17, 15) is 13.2 Å². The van der Waals surface area contributed by atoms with Crippen LogP contribution in [0, 0.1) is 12.7 Å². The summed E-state index contributed by atoms with van der Waals surface area (Å²) in [5.74, 6) is 0.807. The van der Waals surface area contributed by atoms with E-state index >= 15 is 0 Å². The molecule has 1 aliphatic rings. The van der Waals surface area contributed by atoms with E-state index in [0.717, 1.165) is 0 Å². The summed E-state index contributed by atoms with van der Waals surface area (Å²) in [6.07, 6.45) is 2.81. The van der Waals surface area contributed by atoms with Crippen molar-refractivity contribution in [1.82, 2.24) is 19.6 Å². The number of pyridine rings is 2. The minimum absolute atomic E-state index is 0.143. The molecule has 5 rings (SSSR count). The largest absolute Gasteiger partial charge is 0.490 e. The number of hydrogen-bond donors (Lipinski definition) is 1. The lowest BCUT2D eigenvalue weighted by atomic mass is 10.1. The molecule has 0 atom stereocenters. The second-order valence-electron chi connectivity index (χ2n) is 7.23. The van der Waals surface area contributed by atoms with E-state index in [1.807, 2.05) is 0 Å². The summed E-state index contributed by atoms with van der Waals surface area (Å²) in [5.41, 5.74) is 2.21. The smallest absolute Gasteiger partial charge is 0.388 e. The topological polar surface area (TPSA) is 82.8 Å². The molecule has 0 aliphatic carbocycles. The molecule has 0 unspecified atom stereocenters. The molecular formula is C22H18F3N5O3. The van der Waals surface area contributed by atoms with Gasteiger partial charge in [0.15, 0.2) is 17.2 Å². The standard InChI is InChI=1S/C22H18F3N5O3/c1-12-15-10-27-20-18(32-8-7-31-17(12)5-4-16(15)23)9-14(19-29-28-11-30(19)20)13-3-2-6-26-21(13)33-22(24)25/h2-6,9,11,22,27H,7-8,10H2,1H3. The minimum atomic E-state index is -3.05. The van der Waals surface area contributed by atoms with E-state index in [1.165, 1.54) is 18.6 Å². The maximum Gasteiger partial charge on any atom is 0.388 e. The predicted octanol–water partition coefficient (Wildman–Crippen LogP) is 4.22. The Morgan fingerprint density at radius 3 is 2.76 bits per heavy atom. The van der Waals surface area contributed by atoms with Gasteiger partial charge in [-0.15, -0.1) is 10.2 Å². The highest BCUT2D eigenvalue weighted by molar-refractivity contribution is 5.84. The molecule has 1 N–H and O–H groups in total. The number of hydrogen-bond acceptors (Lipinski definition) is 7. The second-order valence-corrected chi connectivity index (χ2v) is 7.23. The molecule has 11 heteroatoms. The fraction of sp³-hybridized carbons (Fsp3) is 0.227. The molecular weight excluding hydrogens is 439 g/mol. The van der Waals surface area contributed by atoms with Crippen LogP contribution in [0.4, 0.5) is 19.0 Å². The zero-order chi connectivity index (χ0) is 22.9. The highest BCUT2D eigenvalue weighted by Crippen LogP contribution is 2.38. The number of aromatic nitrogens is 4. The van der Waals surface area contributed by atoms with Crippen molar-refractivity contribution in [3.63, 3.8) is 0 Å². The van der Waals surface area contributed by atoms with Crippen LogP contribution < -0.4 is 19.5 Å². The number of alkyl halides is 2. The quantitative estimate of drug-likeness (QED) is 0.493. The predicted molar refractivity (Wildman–Crippen MR) is 112 cm³/mol. The van der Waals surface area contributed by atoms with Gasteiger partial charge < -0.3 is 19.5 Å². The summed E-state index contributed by atoms with van der Waals surface area (Å²) in [4.78, 5) is 3.93. The molecule has 0 fully saturated rings. The molecule has 170 valence electrons. The minimum Gasteiger partial charge on any atom is -0.490 e. The Bertz CT molecular complexity index is 1330. The molecule has 4 aromatic rings. The van der Waals surface area contributed by atoms with Crippen molar-refractivity contribution in [3.8, 4) is 28.5 Å². The van der Waals surface area contributed by atoms with Crippen molar-refractivity contribution < 1.29 is 27.4 Å². The van der Waals surface area contributed by atoms with Crippen LogP contribution in [0.5, 0.6) is 17.4 Å². The van der Waals surface area contributed by atoms with Gasteiger partial charge in [0.25, 0.3) is 0 Å². The molecule has 0 saturated heterocycles. The van der Waals surface area contributed by atoms with Gasteiger partial charge in [-0.2, -0.15) is 8.78 Å².